The normalized spacial score (nSPS) is 16.9. The van der Waals surface area contributed by atoms with Crippen LogP contribution in [0, 0.1) is 0 Å². The van der Waals surface area contributed by atoms with E-state index in [1.54, 1.807) is 0 Å². The molecule has 44 valence electrons. The summed E-state index contributed by atoms with van der Waals surface area (Å²) >= 11 is 0. The fourth-order valence-corrected chi connectivity index (χ4v) is 0.821. The largest absolute Gasteiger partial charge is 0.396 e. The fourth-order valence-electron chi connectivity index (χ4n) is 0.821. The molecule has 8 heavy (non-hydrogen) atoms. The number of rotatable bonds is 2. The first-order chi connectivity index (χ1) is 3.93. The predicted molar refractivity (Wildman–Crippen MR) is 33.5 cm³/mol. The summed E-state index contributed by atoms with van der Waals surface area (Å²) < 4.78 is 0. The van der Waals surface area contributed by atoms with Crippen LogP contribution in [0.4, 0.5) is 0 Å². The molecule has 0 atom stereocenters. The molecule has 0 spiro atoms. The van der Waals surface area contributed by atoms with Gasteiger partial charge in [-0.3, -0.25) is 0 Å². The first-order valence-corrected chi connectivity index (χ1v) is 2.89. The van der Waals surface area contributed by atoms with E-state index in [0.29, 0.717) is 0 Å². The van der Waals surface area contributed by atoms with E-state index >= 15 is 0 Å². The van der Waals surface area contributed by atoms with Gasteiger partial charge in [-0.1, -0.05) is 23.8 Å². The molecule has 1 nitrogen and oxygen atoms in total. The minimum absolute atomic E-state index is 0.285. The lowest BCUT2D eigenvalue weighted by Crippen LogP contribution is -1.83. The van der Waals surface area contributed by atoms with Crippen molar-refractivity contribution in [2.24, 2.45) is 0 Å². The van der Waals surface area contributed by atoms with Gasteiger partial charge in [-0.05, 0) is 12.8 Å². The molecule has 0 bridgehead atoms. The molecule has 0 radical (unpaired) electrons. The maximum absolute atomic E-state index is 8.46. The molecule has 0 amide bonds. The summed E-state index contributed by atoms with van der Waals surface area (Å²) in [6.45, 7) is 0.285. The van der Waals surface area contributed by atoms with Gasteiger partial charge in [0.1, 0.15) is 0 Å². The second-order valence-corrected chi connectivity index (χ2v) is 1.93. The average molecular weight is 110 g/mol. The van der Waals surface area contributed by atoms with E-state index in [4.69, 9.17) is 5.11 Å². The lowest BCUT2D eigenvalue weighted by Gasteiger charge is -1.93. The summed E-state index contributed by atoms with van der Waals surface area (Å²) in [6, 6.07) is 0. The summed E-state index contributed by atoms with van der Waals surface area (Å²) in [7, 11) is 0. The Labute approximate surface area is 49.3 Å². The lowest BCUT2D eigenvalue weighted by molar-refractivity contribution is 0.299. The van der Waals surface area contributed by atoms with Crippen LogP contribution in [-0.2, 0) is 0 Å². The Morgan fingerprint density at radius 1 is 1.62 bits per heavy atom. The molecule has 0 aromatic carbocycles. The Kier molecular flexibility index (Phi) is 1.86. The number of aliphatic hydroxyl groups excluding tert-OH is 1. The molecule has 0 aromatic rings. The molecular weight excluding hydrogens is 100 g/mol. The Balaban J connectivity index is 2.28. The van der Waals surface area contributed by atoms with Gasteiger partial charge in [-0.25, -0.2) is 0 Å². The molecule has 1 aliphatic carbocycles. The highest BCUT2D eigenvalue weighted by Gasteiger charge is 1.95. The summed E-state index contributed by atoms with van der Waals surface area (Å²) in [5.41, 5.74) is 1.34. The lowest BCUT2D eigenvalue weighted by atomic mass is 10.2. The molecule has 0 aromatic heterocycles. The van der Waals surface area contributed by atoms with Gasteiger partial charge in [0, 0.05) is 6.61 Å². The molecule has 0 heterocycles. The zero-order valence-electron chi connectivity index (χ0n) is 4.80. The smallest absolute Gasteiger partial charge is 0.0468 e. The van der Waals surface area contributed by atoms with Crippen LogP contribution in [0.3, 0.4) is 0 Å². The van der Waals surface area contributed by atoms with Crippen LogP contribution in [0.5, 0.6) is 0 Å². The second-order valence-electron chi connectivity index (χ2n) is 1.93. The van der Waals surface area contributed by atoms with Crippen molar-refractivity contribution in [2.45, 2.75) is 12.8 Å². The van der Waals surface area contributed by atoms with Crippen molar-refractivity contribution in [3.63, 3.8) is 0 Å². The van der Waals surface area contributed by atoms with Crippen LogP contribution >= 0.6 is 0 Å². The van der Waals surface area contributed by atoms with Gasteiger partial charge in [0.15, 0.2) is 0 Å². The highest BCUT2D eigenvalue weighted by molar-refractivity contribution is 5.22. The SMILES string of the molecule is OCCC1=CC=CC1. The monoisotopic (exact) mass is 110 g/mol. The van der Waals surface area contributed by atoms with Crippen LogP contribution in [0.15, 0.2) is 23.8 Å². The summed E-state index contributed by atoms with van der Waals surface area (Å²) in [5, 5.41) is 8.46. The van der Waals surface area contributed by atoms with E-state index < -0.39 is 0 Å². The van der Waals surface area contributed by atoms with E-state index in [2.05, 4.69) is 12.2 Å². The number of aliphatic hydroxyl groups is 1. The molecule has 1 aliphatic rings. The summed E-state index contributed by atoms with van der Waals surface area (Å²) in [4.78, 5) is 0. The second kappa shape index (κ2) is 2.68. The van der Waals surface area contributed by atoms with Crippen molar-refractivity contribution in [1.82, 2.24) is 0 Å². The molecule has 1 N–H and O–H groups in total. The van der Waals surface area contributed by atoms with Crippen LogP contribution in [0.1, 0.15) is 12.8 Å². The van der Waals surface area contributed by atoms with Crippen molar-refractivity contribution < 1.29 is 5.11 Å². The molecule has 0 saturated heterocycles. The Bertz CT molecular complexity index is 122. The number of hydrogen-bond acceptors (Lipinski definition) is 1. The predicted octanol–water partition coefficient (Wildman–Crippen LogP) is 1.26. The topological polar surface area (TPSA) is 20.2 Å². The van der Waals surface area contributed by atoms with Crippen molar-refractivity contribution in [1.29, 1.82) is 0 Å². The zero-order chi connectivity index (χ0) is 5.82. The summed E-state index contributed by atoms with van der Waals surface area (Å²) in [6.07, 6.45) is 8.08. The van der Waals surface area contributed by atoms with Gasteiger partial charge in [0.05, 0.1) is 0 Å². The van der Waals surface area contributed by atoms with Crippen LogP contribution < -0.4 is 0 Å². The Morgan fingerprint density at radius 3 is 3.00 bits per heavy atom. The third-order valence-electron chi connectivity index (χ3n) is 1.28. The minimum Gasteiger partial charge on any atom is -0.396 e. The van der Waals surface area contributed by atoms with Gasteiger partial charge < -0.3 is 5.11 Å². The van der Waals surface area contributed by atoms with Gasteiger partial charge in [0.25, 0.3) is 0 Å². The van der Waals surface area contributed by atoms with Crippen molar-refractivity contribution >= 4 is 0 Å². The van der Waals surface area contributed by atoms with E-state index in [9.17, 15) is 0 Å². The molecule has 0 aliphatic heterocycles. The van der Waals surface area contributed by atoms with Crippen LogP contribution in [-0.4, -0.2) is 11.7 Å². The maximum atomic E-state index is 8.46. The fraction of sp³-hybridized carbons (Fsp3) is 0.429. The van der Waals surface area contributed by atoms with Gasteiger partial charge in [-0.15, -0.1) is 0 Å². The van der Waals surface area contributed by atoms with Crippen LogP contribution in [0.2, 0.25) is 0 Å². The Morgan fingerprint density at radius 2 is 2.50 bits per heavy atom. The van der Waals surface area contributed by atoms with E-state index in [1.807, 2.05) is 6.08 Å². The van der Waals surface area contributed by atoms with E-state index in [0.717, 1.165) is 12.8 Å². The van der Waals surface area contributed by atoms with E-state index in [-0.39, 0.29) is 6.61 Å². The van der Waals surface area contributed by atoms with Crippen LogP contribution in [0.25, 0.3) is 0 Å². The molecule has 0 fully saturated rings. The highest BCUT2D eigenvalue weighted by atomic mass is 16.2. The molecule has 0 unspecified atom stereocenters. The highest BCUT2D eigenvalue weighted by Crippen LogP contribution is 2.12. The Hall–Kier alpha value is -0.560. The first kappa shape index (κ1) is 5.57. The zero-order valence-corrected chi connectivity index (χ0v) is 4.80. The molecular formula is C7H10O. The van der Waals surface area contributed by atoms with E-state index in [1.165, 1.54) is 5.57 Å². The number of allylic oxidation sites excluding steroid dienone is 3. The average Bonchev–Trinajstić information content (AvgIpc) is 2.19. The standard InChI is InChI=1S/C7H10O/c8-6-5-7-3-1-2-4-7/h1-3,8H,4-6H2. The van der Waals surface area contributed by atoms with Gasteiger partial charge >= 0.3 is 0 Å². The van der Waals surface area contributed by atoms with Gasteiger partial charge in [0.2, 0.25) is 0 Å². The van der Waals surface area contributed by atoms with Crippen molar-refractivity contribution in [3.05, 3.63) is 23.8 Å². The van der Waals surface area contributed by atoms with Crippen molar-refractivity contribution in [3.8, 4) is 0 Å². The molecule has 1 heteroatoms. The molecule has 1 rings (SSSR count). The summed E-state index contributed by atoms with van der Waals surface area (Å²) in [5.74, 6) is 0. The third-order valence-corrected chi connectivity index (χ3v) is 1.28. The third kappa shape index (κ3) is 1.20. The first-order valence-electron chi connectivity index (χ1n) is 2.89. The van der Waals surface area contributed by atoms with Crippen molar-refractivity contribution in [2.75, 3.05) is 6.61 Å². The maximum Gasteiger partial charge on any atom is 0.0468 e. The van der Waals surface area contributed by atoms with Gasteiger partial charge in [-0.2, -0.15) is 0 Å². The minimum atomic E-state index is 0.285. The number of hydrogen-bond donors (Lipinski definition) is 1. The quantitative estimate of drug-likeness (QED) is 0.567. The molecule has 0 saturated carbocycles.